The van der Waals surface area contributed by atoms with E-state index in [1.807, 2.05) is 6.07 Å². The number of nitrogens with zero attached hydrogens (tertiary/aromatic N) is 1. The Balaban J connectivity index is 1.55. The predicted octanol–water partition coefficient (Wildman–Crippen LogP) is 0.966. The first-order chi connectivity index (χ1) is 10.2. The van der Waals surface area contributed by atoms with Crippen LogP contribution in [0.3, 0.4) is 0 Å². The van der Waals surface area contributed by atoms with Gasteiger partial charge in [0.05, 0.1) is 28.6 Å². The molecule has 0 saturated carbocycles. The minimum Gasteiger partial charge on any atom is -0.376 e. The second kappa shape index (κ2) is 6.36. The van der Waals surface area contributed by atoms with Gasteiger partial charge in [0.25, 0.3) is 0 Å². The van der Waals surface area contributed by atoms with Crippen LogP contribution in [-0.2, 0) is 20.3 Å². The zero-order valence-corrected chi connectivity index (χ0v) is 12.3. The maximum Gasteiger partial charge on any atom is 0.233 e. The topological polar surface area (TPSA) is 84.1 Å². The molecule has 1 aromatic heterocycles. The van der Waals surface area contributed by atoms with Crippen molar-refractivity contribution in [2.75, 3.05) is 18.9 Å². The van der Waals surface area contributed by atoms with Crippen LogP contribution >= 0.6 is 0 Å². The van der Waals surface area contributed by atoms with Gasteiger partial charge in [-0.15, -0.1) is 0 Å². The molecule has 1 saturated heterocycles. The maximum absolute atomic E-state index is 12.2. The number of hydrogen-bond acceptors (Lipinski definition) is 4. The Morgan fingerprint density at radius 2 is 2.43 bits per heavy atom. The molecule has 7 heteroatoms. The quantitative estimate of drug-likeness (QED) is 0.862. The standard InChI is InChI=1S/C14H17N3O3S/c18-14(15-8-11-2-1-5-20-11)9-21(19)12-3-4-13-10(6-12)7-16-17-13/h3-4,6-7,11H,1-2,5,8-9H2,(H,15,18)(H,16,17). The fraction of sp³-hybridized carbons (Fsp3) is 0.429. The lowest BCUT2D eigenvalue weighted by Crippen LogP contribution is -2.34. The van der Waals surface area contributed by atoms with Crippen LogP contribution in [0.4, 0.5) is 0 Å². The highest BCUT2D eigenvalue weighted by molar-refractivity contribution is 7.85. The Morgan fingerprint density at radius 1 is 1.52 bits per heavy atom. The summed E-state index contributed by atoms with van der Waals surface area (Å²) >= 11 is 0. The summed E-state index contributed by atoms with van der Waals surface area (Å²) < 4.78 is 17.6. The van der Waals surface area contributed by atoms with Crippen molar-refractivity contribution in [2.24, 2.45) is 0 Å². The van der Waals surface area contributed by atoms with E-state index < -0.39 is 10.8 Å². The summed E-state index contributed by atoms with van der Waals surface area (Å²) in [7, 11) is -1.35. The highest BCUT2D eigenvalue weighted by atomic mass is 32.2. The second-order valence-corrected chi connectivity index (χ2v) is 6.50. The lowest BCUT2D eigenvalue weighted by Gasteiger charge is -2.10. The van der Waals surface area contributed by atoms with Crippen LogP contribution < -0.4 is 5.32 Å². The summed E-state index contributed by atoms with van der Waals surface area (Å²) in [6.45, 7) is 1.26. The van der Waals surface area contributed by atoms with Crippen molar-refractivity contribution in [1.82, 2.24) is 15.5 Å². The van der Waals surface area contributed by atoms with E-state index in [4.69, 9.17) is 4.74 Å². The van der Waals surface area contributed by atoms with Crippen molar-refractivity contribution in [2.45, 2.75) is 23.8 Å². The molecule has 2 aromatic rings. The third-order valence-corrected chi connectivity index (χ3v) is 4.79. The number of benzene rings is 1. The molecule has 2 unspecified atom stereocenters. The van der Waals surface area contributed by atoms with Crippen molar-refractivity contribution >= 4 is 27.6 Å². The van der Waals surface area contributed by atoms with E-state index in [9.17, 15) is 9.00 Å². The summed E-state index contributed by atoms with van der Waals surface area (Å²) in [6.07, 6.45) is 3.79. The second-order valence-electron chi connectivity index (χ2n) is 5.05. The van der Waals surface area contributed by atoms with Gasteiger partial charge in [-0.05, 0) is 31.0 Å². The third-order valence-electron chi connectivity index (χ3n) is 3.49. The average molecular weight is 307 g/mol. The summed E-state index contributed by atoms with van der Waals surface area (Å²) in [5.74, 6) is -0.244. The lowest BCUT2D eigenvalue weighted by molar-refractivity contribution is -0.119. The van der Waals surface area contributed by atoms with Crippen LogP contribution in [0.2, 0.25) is 0 Å². The van der Waals surface area contributed by atoms with Crippen LogP contribution in [-0.4, -0.2) is 45.3 Å². The highest BCUT2D eigenvalue weighted by Gasteiger charge is 2.17. The van der Waals surface area contributed by atoms with E-state index in [1.165, 1.54) is 0 Å². The Labute approximate surface area is 124 Å². The Kier molecular flexibility index (Phi) is 4.31. The zero-order valence-electron chi connectivity index (χ0n) is 11.5. The highest BCUT2D eigenvalue weighted by Crippen LogP contribution is 2.16. The summed E-state index contributed by atoms with van der Waals surface area (Å²) in [6, 6.07) is 5.37. The number of aromatic nitrogens is 2. The number of hydrogen-bond donors (Lipinski definition) is 2. The minimum atomic E-state index is -1.35. The van der Waals surface area contributed by atoms with Gasteiger partial charge in [0.2, 0.25) is 5.91 Å². The number of carbonyl (C=O) groups is 1. The number of fused-ring (bicyclic) bond motifs is 1. The molecule has 2 heterocycles. The molecule has 1 fully saturated rings. The average Bonchev–Trinajstić information content (AvgIpc) is 3.15. The van der Waals surface area contributed by atoms with Gasteiger partial charge in [-0.3, -0.25) is 14.1 Å². The van der Waals surface area contributed by atoms with Crippen molar-refractivity contribution in [3.05, 3.63) is 24.4 Å². The maximum atomic E-state index is 12.2. The lowest BCUT2D eigenvalue weighted by atomic mass is 10.2. The van der Waals surface area contributed by atoms with Crippen molar-refractivity contribution in [3.63, 3.8) is 0 Å². The van der Waals surface area contributed by atoms with Gasteiger partial charge in [-0.1, -0.05) is 0 Å². The van der Waals surface area contributed by atoms with Crippen molar-refractivity contribution in [1.29, 1.82) is 0 Å². The molecule has 1 aliphatic heterocycles. The first kappa shape index (κ1) is 14.2. The number of ether oxygens (including phenoxy) is 1. The SMILES string of the molecule is O=C(CS(=O)c1ccc2[nH]ncc2c1)NCC1CCCO1. The molecule has 3 rings (SSSR count). The fourth-order valence-corrected chi connectivity index (χ4v) is 3.33. The van der Waals surface area contributed by atoms with E-state index in [0.717, 1.165) is 30.4 Å². The Bertz CT molecular complexity index is 664. The Morgan fingerprint density at radius 3 is 3.24 bits per heavy atom. The number of carbonyl (C=O) groups excluding carboxylic acids is 1. The number of nitrogens with one attached hydrogen (secondary N) is 2. The molecule has 21 heavy (non-hydrogen) atoms. The molecule has 2 N–H and O–H groups in total. The zero-order chi connectivity index (χ0) is 14.7. The molecule has 112 valence electrons. The number of amides is 1. The van der Waals surface area contributed by atoms with Gasteiger partial charge in [0, 0.05) is 23.4 Å². The van der Waals surface area contributed by atoms with E-state index >= 15 is 0 Å². The van der Waals surface area contributed by atoms with Gasteiger partial charge in [-0.2, -0.15) is 5.10 Å². The monoisotopic (exact) mass is 307 g/mol. The van der Waals surface area contributed by atoms with E-state index in [0.29, 0.717) is 11.4 Å². The van der Waals surface area contributed by atoms with E-state index in [2.05, 4.69) is 15.5 Å². The van der Waals surface area contributed by atoms with Crippen LogP contribution in [0.25, 0.3) is 10.9 Å². The molecule has 0 aliphatic carbocycles. The molecule has 2 atom stereocenters. The molecule has 1 aliphatic rings. The molecule has 1 aromatic carbocycles. The number of aromatic amines is 1. The van der Waals surface area contributed by atoms with Crippen LogP contribution in [0.15, 0.2) is 29.3 Å². The molecular weight excluding hydrogens is 290 g/mol. The number of rotatable bonds is 5. The number of H-pyrrole nitrogens is 1. The summed E-state index contributed by atoms with van der Waals surface area (Å²) in [5.41, 5.74) is 0.888. The normalized spacial score (nSPS) is 19.7. The van der Waals surface area contributed by atoms with E-state index in [1.54, 1.807) is 18.3 Å². The first-order valence-corrected chi connectivity index (χ1v) is 8.24. The Hall–Kier alpha value is -1.73. The van der Waals surface area contributed by atoms with Gasteiger partial charge < -0.3 is 10.1 Å². The van der Waals surface area contributed by atoms with Crippen LogP contribution in [0.5, 0.6) is 0 Å². The summed E-state index contributed by atoms with van der Waals surface area (Å²) in [4.78, 5) is 12.5. The minimum absolute atomic E-state index is 0.0317. The van der Waals surface area contributed by atoms with E-state index in [-0.39, 0.29) is 17.8 Å². The molecular formula is C14H17N3O3S. The van der Waals surface area contributed by atoms with Gasteiger partial charge in [-0.25, -0.2) is 0 Å². The van der Waals surface area contributed by atoms with Crippen LogP contribution in [0, 0.1) is 0 Å². The predicted molar refractivity (Wildman–Crippen MR) is 79.4 cm³/mol. The van der Waals surface area contributed by atoms with Gasteiger partial charge in [0.15, 0.2) is 0 Å². The first-order valence-electron chi connectivity index (χ1n) is 6.92. The largest absolute Gasteiger partial charge is 0.376 e. The third kappa shape index (κ3) is 3.48. The molecule has 0 radical (unpaired) electrons. The fourth-order valence-electron chi connectivity index (χ4n) is 2.35. The smallest absolute Gasteiger partial charge is 0.233 e. The molecule has 1 amide bonds. The molecule has 0 spiro atoms. The molecule has 6 nitrogen and oxygen atoms in total. The van der Waals surface area contributed by atoms with Gasteiger partial charge in [0.1, 0.15) is 5.75 Å². The van der Waals surface area contributed by atoms with Crippen LogP contribution in [0.1, 0.15) is 12.8 Å². The summed E-state index contributed by atoms with van der Waals surface area (Å²) in [5, 5.41) is 10.4. The van der Waals surface area contributed by atoms with Gasteiger partial charge >= 0.3 is 0 Å². The van der Waals surface area contributed by atoms with Crippen molar-refractivity contribution in [3.8, 4) is 0 Å². The van der Waals surface area contributed by atoms with Crippen molar-refractivity contribution < 1.29 is 13.7 Å². The molecule has 0 bridgehead atoms.